The average molecular weight is 442 g/mol. The van der Waals surface area contributed by atoms with Crippen molar-refractivity contribution in [2.24, 2.45) is 0 Å². The summed E-state index contributed by atoms with van der Waals surface area (Å²) >= 11 is 8.18. The van der Waals surface area contributed by atoms with Gasteiger partial charge in [-0.1, -0.05) is 37.6 Å². The topological polar surface area (TPSA) is 59.4 Å². The molecule has 1 saturated carbocycles. The first-order valence-electron chi connectivity index (χ1n) is 10.0. The smallest absolute Gasteiger partial charge is 0.310 e. The molecule has 4 nitrogen and oxygen atoms in total. The highest BCUT2D eigenvalue weighted by Crippen LogP contribution is 2.37. The van der Waals surface area contributed by atoms with Crippen LogP contribution in [-0.2, 0) is 21.4 Å². The minimum atomic E-state index is -0.393. The third kappa shape index (κ3) is 4.75. The van der Waals surface area contributed by atoms with Crippen LogP contribution in [0.1, 0.15) is 37.9 Å². The summed E-state index contributed by atoms with van der Waals surface area (Å²) < 4.78 is 5.31. The second-order valence-electron chi connectivity index (χ2n) is 8.35. The Morgan fingerprint density at radius 1 is 1.23 bits per heavy atom. The molecule has 6 heteroatoms. The number of carbonyl (C=O) groups is 1. The molecule has 3 aromatic rings. The quantitative estimate of drug-likeness (QED) is 0.481. The van der Waals surface area contributed by atoms with Gasteiger partial charge in [-0.15, -0.1) is 11.3 Å². The summed E-state index contributed by atoms with van der Waals surface area (Å²) in [5, 5.41) is 12.3. The van der Waals surface area contributed by atoms with Crippen molar-refractivity contribution in [2.45, 2.75) is 44.6 Å². The van der Waals surface area contributed by atoms with Gasteiger partial charge in [-0.25, -0.2) is 0 Å². The molecule has 0 aliphatic heterocycles. The van der Waals surface area contributed by atoms with Gasteiger partial charge in [0.05, 0.1) is 13.0 Å². The minimum Gasteiger partial charge on any atom is -0.462 e. The SMILES string of the molecule is CC(C)(CO)c1cc(-c2cc(-c3ccc(CC(=O)OC4CC4)cc3Cl)cs2)ccn1. The molecule has 0 unspecified atom stereocenters. The summed E-state index contributed by atoms with van der Waals surface area (Å²) in [6, 6.07) is 11.8. The molecule has 0 atom stereocenters. The molecule has 0 spiro atoms. The Morgan fingerprint density at radius 3 is 2.73 bits per heavy atom. The number of hydrogen-bond donors (Lipinski definition) is 1. The van der Waals surface area contributed by atoms with Crippen LogP contribution < -0.4 is 0 Å². The molecule has 1 N–H and O–H groups in total. The normalized spacial score (nSPS) is 14.0. The number of halogens is 1. The molecule has 156 valence electrons. The zero-order valence-electron chi connectivity index (χ0n) is 17.0. The van der Waals surface area contributed by atoms with E-state index < -0.39 is 5.41 Å². The maximum absolute atomic E-state index is 11.9. The Kier molecular flexibility index (Phi) is 5.96. The van der Waals surface area contributed by atoms with E-state index in [9.17, 15) is 9.90 Å². The first kappa shape index (κ1) is 21.0. The van der Waals surface area contributed by atoms with Crippen molar-refractivity contribution in [3.63, 3.8) is 0 Å². The number of aliphatic hydroxyl groups is 1. The van der Waals surface area contributed by atoms with Crippen molar-refractivity contribution in [1.29, 1.82) is 0 Å². The van der Waals surface area contributed by atoms with Crippen molar-refractivity contribution in [2.75, 3.05) is 6.61 Å². The molecule has 0 saturated heterocycles. The molecule has 1 fully saturated rings. The second kappa shape index (κ2) is 8.50. The summed E-state index contributed by atoms with van der Waals surface area (Å²) in [6.07, 6.45) is 4.09. The van der Waals surface area contributed by atoms with E-state index in [1.54, 1.807) is 17.5 Å². The zero-order chi connectivity index (χ0) is 21.3. The number of aliphatic hydroxyl groups excluding tert-OH is 1. The van der Waals surface area contributed by atoms with Crippen molar-refractivity contribution in [3.8, 4) is 21.6 Å². The Balaban J connectivity index is 1.54. The summed E-state index contributed by atoms with van der Waals surface area (Å²) in [6.45, 7) is 3.98. The number of carbonyl (C=O) groups excluding carboxylic acids is 1. The van der Waals surface area contributed by atoms with Gasteiger partial charge >= 0.3 is 5.97 Å². The molecule has 0 amide bonds. The molecule has 30 heavy (non-hydrogen) atoms. The Labute approximate surface area is 185 Å². The lowest BCUT2D eigenvalue weighted by molar-refractivity contribution is -0.144. The number of hydrogen-bond acceptors (Lipinski definition) is 5. The van der Waals surface area contributed by atoms with Gasteiger partial charge in [-0.2, -0.15) is 0 Å². The number of ether oxygens (including phenoxy) is 1. The van der Waals surface area contributed by atoms with E-state index >= 15 is 0 Å². The van der Waals surface area contributed by atoms with Crippen molar-refractivity contribution >= 4 is 28.9 Å². The van der Waals surface area contributed by atoms with Crippen molar-refractivity contribution in [1.82, 2.24) is 4.98 Å². The first-order valence-corrected chi connectivity index (χ1v) is 11.3. The fourth-order valence-corrected chi connectivity index (χ4v) is 4.37. The number of nitrogens with zero attached hydrogens (tertiary/aromatic N) is 1. The number of pyridine rings is 1. The zero-order valence-corrected chi connectivity index (χ0v) is 18.6. The molecule has 4 rings (SSSR count). The van der Waals surface area contributed by atoms with Gasteiger partial charge in [-0.05, 0) is 59.2 Å². The molecule has 1 aromatic carbocycles. The van der Waals surface area contributed by atoms with Gasteiger partial charge in [0.2, 0.25) is 0 Å². The molecule has 0 radical (unpaired) electrons. The van der Waals surface area contributed by atoms with Crippen LogP contribution in [0.4, 0.5) is 0 Å². The van der Waals surface area contributed by atoms with Crippen molar-refractivity contribution < 1.29 is 14.6 Å². The number of benzene rings is 1. The van der Waals surface area contributed by atoms with E-state index in [-0.39, 0.29) is 25.1 Å². The van der Waals surface area contributed by atoms with E-state index in [2.05, 4.69) is 16.4 Å². The van der Waals surface area contributed by atoms with Crippen LogP contribution in [0.2, 0.25) is 5.02 Å². The van der Waals surface area contributed by atoms with Gasteiger partial charge in [0.1, 0.15) is 6.10 Å². The van der Waals surface area contributed by atoms with E-state index in [0.717, 1.165) is 45.7 Å². The largest absolute Gasteiger partial charge is 0.462 e. The minimum absolute atomic E-state index is 0.0370. The van der Waals surface area contributed by atoms with Crippen molar-refractivity contribution in [3.05, 3.63) is 64.3 Å². The molecular formula is C24H24ClNO3S. The third-order valence-electron chi connectivity index (χ3n) is 5.25. The molecule has 2 aromatic heterocycles. The number of thiophene rings is 1. The van der Waals surface area contributed by atoms with Gasteiger partial charge in [0.25, 0.3) is 0 Å². The number of esters is 1. The van der Waals surface area contributed by atoms with Gasteiger partial charge in [-0.3, -0.25) is 9.78 Å². The Bertz CT molecular complexity index is 1070. The highest BCUT2D eigenvalue weighted by atomic mass is 35.5. The lowest BCUT2D eigenvalue weighted by atomic mass is 9.89. The molecule has 1 aliphatic rings. The van der Waals surface area contributed by atoms with Gasteiger partial charge < -0.3 is 9.84 Å². The molecule has 1 aliphatic carbocycles. The van der Waals surface area contributed by atoms with Crippen LogP contribution in [0.5, 0.6) is 0 Å². The fourth-order valence-electron chi connectivity index (χ4n) is 3.15. The molecule has 0 bridgehead atoms. The monoisotopic (exact) mass is 441 g/mol. The summed E-state index contributed by atoms with van der Waals surface area (Å²) in [5.74, 6) is -0.196. The third-order valence-corrected chi connectivity index (χ3v) is 6.54. The fraction of sp³-hybridized carbons (Fsp3) is 0.333. The lowest BCUT2D eigenvalue weighted by Gasteiger charge is -2.21. The summed E-state index contributed by atoms with van der Waals surface area (Å²) in [4.78, 5) is 17.5. The second-order valence-corrected chi connectivity index (χ2v) is 9.67. The first-order chi connectivity index (χ1) is 14.4. The Hall–Kier alpha value is -2.21. The van der Waals surface area contributed by atoms with Crippen LogP contribution in [-0.4, -0.2) is 28.8 Å². The lowest BCUT2D eigenvalue weighted by Crippen LogP contribution is -2.23. The number of rotatable bonds is 7. The highest BCUT2D eigenvalue weighted by Gasteiger charge is 2.26. The van der Waals surface area contributed by atoms with E-state index in [1.165, 1.54) is 0 Å². The Morgan fingerprint density at radius 2 is 2.03 bits per heavy atom. The van der Waals surface area contributed by atoms with Crippen LogP contribution in [0, 0.1) is 0 Å². The molecular weight excluding hydrogens is 418 g/mol. The van der Waals surface area contributed by atoms with Crippen LogP contribution >= 0.6 is 22.9 Å². The van der Waals surface area contributed by atoms with Crippen LogP contribution in [0.3, 0.4) is 0 Å². The van der Waals surface area contributed by atoms with Crippen LogP contribution in [0.15, 0.2) is 48.0 Å². The highest BCUT2D eigenvalue weighted by molar-refractivity contribution is 7.14. The predicted molar refractivity (Wildman–Crippen MR) is 121 cm³/mol. The van der Waals surface area contributed by atoms with E-state index in [0.29, 0.717) is 5.02 Å². The predicted octanol–water partition coefficient (Wildman–Crippen LogP) is 5.65. The maximum atomic E-state index is 11.9. The average Bonchev–Trinajstić information content (AvgIpc) is 3.40. The molecule has 2 heterocycles. The summed E-state index contributed by atoms with van der Waals surface area (Å²) in [7, 11) is 0. The van der Waals surface area contributed by atoms with Gasteiger partial charge in [0.15, 0.2) is 0 Å². The van der Waals surface area contributed by atoms with Gasteiger partial charge in [0, 0.05) is 32.8 Å². The number of aromatic nitrogens is 1. The van der Waals surface area contributed by atoms with Crippen LogP contribution in [0.25, 0.3) is 21.6 Å². The van der Waals surface area contributed by atoms with E-state index in [4.69, 9.17) is 16.3 Å². The maximum Gasteiger partial charge on any atom is 0.310 e. The van der Waals surface area contributed by atoms with E-state index in [1.807, 2.05) is 44.2 Å². The standard InChI is InChI=1S/C24H24ClNO3S/c1-24(2,14-27)22-12-16(7-8-26-22)21-11-17(13-30-21)19-6-3-15(9-20(19)25)10-23(28)29-18-4-5-18/h3,6-9,11-13,18,27H,4-5,10,14H2,1-2H3. The summed E-state index contributed by atoms with van der Waals surface area (Å²) in [5.41, 5.74) is 4.35.